The first-order chi connectivity index (χ1) is 12.3. The maximum Gasteiger partial charge on any atom is 0.176 e. The molecule has 7 heteroatoms. The van der Waals surface area contributed by atoms with E-state index < -0.39 is 0 Å². The van der Waals surface area contributed by atoms with Gasteiger partial charge in [0, 0.05) is 6.54 Å². The van der Waals surface area contributed by atoms with Gasteiger partial charge in [0.05, 0.1) is 12.6 Å². The van der Waals surface area contributed by atoms with Gasteiger partial charge in [-0.3, -0.25) is 0 Å². The van der Waals surface area contributed by atoms with Crippen LogP contribution in [0, 0.1) is 0 Å². The summed E-state index contributed by atoms with van der Waals surface area (Å²) in [6, 6.07) is 8.81. The molecule has 1 aliphatic heterocycles. The molecule has 1 aromatic carbocycles. The van der Waals surface area contributed by atoms with E-state index in [0.29, 0.717) is 12.6 Å². The van der Waals surface area contributed by atoms with E-state index in [0.717, 1.165) is 45.6 Å². The zero-order valence-corrected chi connectivity index (χ0v) is 15.9. The normalized spacial score (nSPS) is 17.4. The molecule has 25 heavy (non-hydrogen) atoms. The predicted molar refractivity (Wildman–Crippen MR) is 104 cm³/mol. The first kappa shape index (κ1) is 16.6. The lowest BCUT2D eigenvalue weighted by Crippen LogP contribution is -2.23. The second-order valence-electron chi connectivity index (χ2n) is 5.89. The Balaban J connectivity index is 1.68. The van der Waals surface area contributed by atoms with Gasteiger partial charge in [0.25, 0.3) is 0 Å². The first-order valence-corrected chi connectivity index (χ1v) is 10.5. The third-order valence-electron chi connectivity index (χ3n) is 4.43. The number of anilines is 1. The summed E-state index contributed by atoms with van der Waals surface area (Å²) < 4.78 is 7.69. The fourth-order valence-corrected chi connectivity index (χ4v) is 4.85. The lowest BCUT2D eigenvalue weighted by atomic mass is 10.0. The minimum atomic E-state index is 0.341. The Morgan fingerprint density at radius 1 is 1.28 bits per heavy atom. The summed E-state index contributed by atoms with van der Waals surface area (Å²) in [5.41, 5.74) is 2.11. The van der Waals surface area contributed by atoms with Crippen LogP contribution in [-0.2, 0) is 0 Å². The molecule has 130 valence electrons. The van der Waals surface area contributed by atoms with Crippen molar-refractivity contribution in [2.45, 2.75) is 30.1 Å². The number of ether oxygens (including phenoxy) is 1. The summed E-state index contributed by atoms with van der Waals surface area (Å²) in [6.07, 6.45) is 5.98. The maximum absolute atomic E-state index is 5.56. The van der Waals surface area contributed by atoms with E-state index in [-0.39, 0.29) is 0 Å². The van der Waals surface area contributed by atoms with Crippen molar-refractivity contribution in [3.63, 3.8) is 0 Å². The Labute approximate surface area is 155 Å². The number of hydrogen-bond acceptors (Lipinski definition) is 7. The molecule has 5 nitrogen and oxygen atoms in total. The molecule has 1 atom stereocenters. The standard InChI is InChI=1S/C18H20N4OS2/c1-3-23-13-8-6-12(7-9-13)14-5-4-10-22(14)17-15-16(19-11-20-17)21-18(24-2)25-15/h6-9,11,14H,3-5,10H2,1-2H3. The van der Waals surface area contributed by atoms with Gasteiger partial charge in [0.1, 0.15) is 16.8 Å². The molecule has 0 saturated carbocycles. The molecule has 0 aliphatic carbocycles. The number of hydrogen-bond donors (Lipinski definition) is 0. The summed E-state index contributed by atoms with van der Waals surface area (Å²) in [5, 5.41) is 0. The monoisotopic (exact) mass is 372 g/mol. The van der Waals surface area contributed by atoms with Crippen molar-refractivity contribution in [1.82, 2.24) is 15.0 Å². The smallest absolute Gasteiger partial charge is 0.176 e. The van der Waals surface area contributed by atoms with E-state index in [1.54, 1.807) is 29.4 Å². The highest BCUT2D eigenvalue weighted by Gasteiger charge is 2.29. The van der Waals surface area contributed by atoms with Crippen molar-refractivity contribution in [3.05, 3.63) is 36.2 Å². The lowest BCUT2D eigenvalue weighted by molar-refractivity contribution is 0.340. The summed E-state index contributed by atoms with van der Waals surface area (Å²) in [6.45, 7) is 3.71. The molecule has 4 rings (SSSR count). The van der Waals surface area contributed by atoms with E-state index in [1.165, 1.54) is 5.56 Å². The van der Waals surface area contributed by atoms with Crippen molar-refractivity contribution < 1.29 is 4.74 Å². The molecular weight excluding hydrogens is 352 g/mol. The van der Waals surface area contributed by atoms with E-state index >= 15 is 0 Å². The number of fused-ring (bicyclic) bond motifs is 1. The van der Waals surface area contributed by atoms with Crippen LogP contribution < -0.4 is 9.64 Å². The van der Waals surface area contributed by atoms with Crippen LogP contribution in [0.25, 0.3) is 10.3 Å². The zero-order valence-electron chi connectivity index (χ0n) is 14.3. The van der Waals surface area contributed by atoms with Crippen LogP contribution in [0.2, 0.25) is 0 Å². The first-order valence-electron chi connectivity index (χ1n) is 8.45. The summed E-state index contributed by atoms with van der Waals surface area (Å²) in [4.78, 5) is 15.9. The number of nitrogens with zero attached hydrogens (tertiary/aromatic N) is 4. The van der Waals surface area contributed by atoms with Crippen LogP contribution in [0.4, 0.5) is 5.82 Å². The van der Waals surface area contributed by atoms with Crippen LogP contribution >= 0.6 is 23.1 Å². The minimum absolute atomic E-state index is 0.341. The lowest BCUT2D eigenvalue weighted by Gasteiger charge is -2.26. The number of thioether (sulfide) groups is 1. The second-order valence-corrected chi connectivity index (χ2v) is 7.94. The number of rotatable bonds is 5. The van der Waals surface area contributed by atoms with Gasteiger partial charge < -0.3 is 9.64 Å². The Hall–Kier alpha value is -1.86. The van der Waals surface area contributed by atoms with Crippen molar-refractivity contribution in [2.24, 2.45) is 0 Å². The molecule has 0 bridgehead atoms. The molecule has 0 N–H and O–H groups in total. The highest BCUT2D eigenvalue weighted by atomic mass is 32.2. The van der Waals surface area contributed by atoms with E-state index in [1.807, 2.05) is 13.2 Å². The summed E-state index contributed by atoms with van der Waals surface area (Å²) in [5.74, 6) is 1.94. The van der Waals surface area contributed by atoms with Crippen molar-refractivity contribution in [3.8, 4) is 5.75 Å². The second kappa shape index (κ2) is 7.17. The SMILES string of the molecule is CCOc1ccc(C2CCCN2c2ncnc3nc(SC)sc23)cc1. The van der Waals surface area contributed by atoms with Crippen molar-refractivity contribution in [2.75, 3.05) is 24.3 Å². The molecule has 0 amide bonds. The van der Waals surface area contributed by atoms with Crippen LogP contribution in [0.3, 0.4) is 0 Å². The molecule has 3 heterocycles. The average molecular weight is 373 g/mol. The molecule has 2 aromatic heterocycles. The largest absolute Gasteiger partial charge is 0.494 e. The van der Waals surface area contributed by atoms with E-state index in [9.17, 15) is 0 Å². The molecule has 3 aromatic rings. The topological polar surface area (TPSA) is 51.1 Å². The van der Waals surface area contributed by atoms with Gasteiger partial charge in [-0.05, 0) is 43.7 Å². The fourth-order valence-electron chi connectivity index (χ4n) is 3.33. The minimum Gasteiger partial charge on any atom is -0.494 e. The van der Waals surface area contributed by atoms with Gasteiger partial charge in [-0.1, -0.05) is 23.9 Å². The molecule has 1 saturated heterocycles. The predicted octanol–water partition coefficient (Wildman–Crippen LogP) is 4.55. The fraction of sp³-hybridized carbons (Fsp3) is 0.389. The van der Waals surface area contributed by atoms with Gasteiger partial charge in [-0.15, -0.1) is 11.3 Å². The average Bonchev–Trinajstić information content (AvgIpc) is 3.29. The summed E-state index contributed by atoms with van der Waals surface area (Å²) in [7, 11) is 0. The number of thiazole rings is 1. The molecular formula is C18H20N4OS2. The van der Waals surface area contributed by atoms with Gasteiger partial charge >= 0.3 is 0 Å². The van der Waals surface area contributed by atoms with Crippen LogP contribution in [-0.4, -0.2) is 34.4 Å². The highest BCUT2D eigenvalue weighted by molar-refractivity contribution is 8.00. The number of benzene rings is 1. The van der Waals surface area contributed by atoms with Crippen molar-refractivity contribution in [1.29, 1.82) is 0 Å². The molecule has 0 spiro atoms. The quantitative estimate of drug-likeness (QED) is 0.613. The third-order valence-corrected chi connectivity index (χ3v) is 6.45. The maximum atomic E-state index is 5.56. The van der Waals surface area contributed by atoms with Gasteiger partial charge in [0.15, 0.2) is 15.8 Å². The third kappa shape index (κ3) is 3.18. The van der Waals surface area contributed by atoms with E-state index in [2.05, 4.69) is 44.1 Å². The number of aromatic nitrogens is 3. The molecule has 1 fully saturated rings. The van der Waals surface area contributed by atoms with Gasteiger partial charge in [-0.2, -0.15) is 0 Å². The summed E-state index contributed by atoms with van der Waals surface area (Å²) >= 11 is 3.34. The Kier molecular flexibility index (Phi) is 4.76. The Morgan fingerprint density at radius 3 is 2.88 bits per heavy atom. The van der Waals surface area contributed by atoms with Crippen LogP contribution in [0.5, 0.6) is 5.75 Å². The molecule has 0 radical (unpaired) electrons. The Morgan fingerprint density at radius 2 is 2.12 bits per heavy atom. The van der Waals surface area contributed by atoms with Crippen molar-refractivity contribution >= 4 is 39.3 Å². The molecule has 1 aliphatic rings. The van der Waals surface area contributed by atoms with Crippen LogP contribution in [0.15, 0.2) is 34.9 Å². The van der Waals surface area contributed by atoms with E-state index in [4.69, 9.17) is 4.74 Å². The zero-order chi connectivity index (χ0) is 17.2. The molecule has 1 unspecified atom stereocenters. The van der Waals surface area contributed by atoms with Gasteiger partial charge in [0.2, 0.25) is 0 Å². The Bertz CT molecular complexity index is 865. The van der Waals surface area contributed by atoms with Gasteiger partial charge in [-0.25, -0.2) is 15.0 Å². The highest BCUT2D eigenvalue weighted by Crippen LogP contribution is 2.40. The van der Waals surface area contributed by atoms with Crippen LogP contribution in [0.1, 0.15) is 31.4 Å².